The van der Waals surface area contributed by atoms with Gasteiger partial charge in [0.2, 0.25) is 5.88 Å². The second-order valence-corrected chi connectivity index (χ2v) is 3.84. The summed E-state index contributed by atoms with van der Waals surface area (Å²) in [5.74, 6) is 1.72. The van der Waals surface area contributed by atoms with E-state index in [1.807, 2.05) is 20.2 Å². The fourth-order valence-corrected chi connectivity index (χ4v) is 1.84. The van der Waals surface area contributed by atoms with Gasteiger partial charge in [0.25, 0.3) is 0 Å². The molecule has 0 bridgehead atoms. The monoisotopic (exact) mass is 235 g/mol. The number of methoxy groups -OCH3 is 1. The van der Waals surface area contributed by atoms with E-state index in [1.54, 1.807) is 18.0 Å². The third-order valence-electron chi connectivity index (χ3n) is 2.63. The van der Waals surface area contributed by atoms with Crippen LogP contribution >= 0.6 is 0 Å². The molecule has 0 aliphatic heterocycles. The highest BCUT2D eigenvalue weighted by molar-refractivity contribution is 5.30. The maximum atomic E-state index is 5.32. The molecule has 2 heterocycles. The van der Waals surface area contributed by atoms with Crippen molar-refractivity contribution in [1.82, 2.24) is 25.1 Å². The molecule has 6 nitrogen and oxygen atoms in total. The van der Waals surface area contributed by atoms with E-state index in [0.717, 1.165) is 23.0 Å². The van der Waals surface area contributed by atoms with Gasteiger partial charge >= 0.3 is 0 Å². The minimum Gasteiger partial charge on any atom is -0.481 e. The minimum absolute atomic E-state index is 0.699. The lowest BCUT2D eigenvalue weighted by Crippen LogP contribution is -2.14. The number of nitrogens with zero attached hydrogens (tertiary/aromatic N) is 3. The van der Waals surface area contributed by atoms with Crippen molar-refractivity contribution >= 4 is 0 Å². The van der Waals surface area contributed by atoms with Crippen LogP contribution in [-0.2, 0) is 20.1 Å². The van der Waals surface area contributed by atoms with Gasteiger partial charge in [0.1, 0.15) is 5.82 Å². The molecule has 0 fully saturated rings. The number of aromatic nitrogens is 4. The molecule has 6 heteroatoms. The number of aryl methyl sites for hydroxylation is 2. The van der Waals surface area contributed by atoms with Crippen LogP contribution in [0.4, 0.5) is 0 Å². The zero-order valence-electron chi connectivity index (χ0n) is 10.3. The molecule has 2 rings (SSSR count). The average Bonchev–Trinajstić information content (AvgIpc) is 2.88. The minimum atomic E-state index is 0.699. The van der Waals surface area contributed by atoms with E-state index in [1.165, 1.54) is 0 Å². The number of imidazole rings is 1. The molecule has 2 N–H and O–H groups in total. The van der Waals surface area contributed by atoms with E-state index in [4.69, 9.17) is 4.74 Å². The first-order chi connectivity index (χ1) is 8.22. The molecule has 0 unspecified atom stereocenters. The highest BCUT2D eigenvalue weighted by Gasteiger charge is 2.12. The van der Waals surface area contributed by atoms with Crippen molar-refractivity contribution in [3.05, 3.63) is 29.5 Å². The molecule has 0 saturated carbocycles. The zero-order valence-corrected chi connectivity index (χ0v) is 10.3. The van der Waals surface area contributed by atoms with Gasteiger partial charge in [-0.15, -0.1) is 0 Å². The first-order valence-electron chi connectivity index (χ1n) is 5.47. The number of H-pyrrole nitrogens is 1. The summed E-state index contributed by atoms with van der Waals surface area (Å²) < 4.78 is 7.07. The molecule has 0 spiro atoms. The van der Waals surface area contributed by atoms with E-state index < -0.39 is 0 Å². The number of rotatable bonds is 5. The van der Waals surface area contributed by atoms with Gasteiger partial charge in [0.15, 0.2) is 0 Å². The fraction of sp³-hybridized carbons (Fsp3) is 0.455. The van der Waals surface area contributed by atoms with Crippen molar-refractivity contribution < 1.29 is 4.74 Å². The predicted octanol–water partition coefficient (Wildman–Crippen LogP) is 0.750. The van der Waals surface area contributed by atoms with Gasteiger partial charge in [-0.1, -0.05) is 0 Å². The Balaban J connectivity index is 1.99. The van der Waals surface area contributed by atoms with Crippen LogP contribution in [0.1, 0.15) is 17.1 Å². The van der Waals surface area contributed by atoms with Crippen LogP contribution in [-0.4, -0.2) is 26.9 Å². The van der Waals surface area contributed by atoms with Gasteiger partial charge in [0.05, 0.1) is 24.9 Å². The fourth-order valence-electron chi connectivity index (χ4n) is 1.84. The lowest BCUT2D eigenvalue weighted by Gasteiger charge is -2.05. The number of aromatic amines is 1. The van der Waals surface area contributed by atoms with Crippen molar-refractivity contribution in [3.63, 3.8) is 0 Å². The highest BCUT2D eigenvalue weighted by Crippen LogP contribution is 2.20. The average molecular weight is 235 g/mol. The normalized spacial score (nSPS) is 10.8. The Morgan fingerprint density at radius 1 is 1.47 bits per heavy atom. The summed E-state index contributed by atoms with van der Waals surface area (Å²) in [7, 11) is 3.54. The molecular weight excluding hydrogens is 218 g/mol. The Morgan fingerprint density at radius 3 is 2.94 bits per heavy atom. The Morgan fingerprint density at radius 2 is 2.29 bits per heavy atom. The smallest absolute Gasteiger partial charge is 0.216 e. The van der Waals surface area contributed by atoms with Crippen LogP contribution in [0.5, 0.6) is 5.88 Å². The quantitative estimate of drug-likeness (QED) is 0.802. The van der Waals surface area contributed by atoms with Gasteiger partial charge in [0, 0.05) is 26.0 Å². The number of ether oxygens (including phenoxy) is 1. The SMILES string of the molecule is COc1c(CNCc2ncc[nH]2)c(C)nn1C. The summed E-state index contributed by atoms with van der Waals surface area (Å²) in [6, 6.07) is 0. The summed E-state index contributed by atoms with van der Waals surface area (Å²) in [6.45, 7) is 3.39. The zero-order chi connectivity index (χ0) is 12.3. The Kier molecular flexibility index (Phi) is 3.43. The van der Waals surface area contributed by atoms with Crippen molar-refractivity contribution in [3.8, 4) is 5.88 Å². The summed E-state index contributed by atoms with van der Waals surface area (Å²) in [5.41, 5.74) is 2.07. The summed E-state index contributed by atoms with van der Waals surface area (Å²) in [5, 5.41) is 7.63. The van der Waals surface area contributed by atoms with Crippen LogP contribution in [0.2, 0.25) is 0 Å². The van der Waals surface area contributed by atoms with Crippen LogP contribution in [0.15, 0.2) is 12.4 Å². The topological polar surface area (TPSA) is 67.8 Å². The predicted molar refractivity (Wildman–Crippen MR) is 63.6 cm³/mol. The Labute approximate surface area is 100 Å². The molecule has 0 aromatic carbocycles. The van der Waals surface area contributed by atoms with E-state index in [9.17, 15) is 0 Å². The van der Waals surface area contributed by atoms with E-state index in [0.29, 0.717) is 13.1 Å². The van der Waals surface area contributed by atoms with Crippen LogP contribution in [0, 0.1) is 6.92 Å². The maximum absolute atomic E-state index is 5.32. The molecule has 0 radical (unpaired) electrons. The summed E-state index contributed by atoms with van der Waals surface area (Å²) >= 11 is 0. The third kappa shape index (κ3) is 2.47. The van der Waals surface area contributed by atoms with Crippen LogP contribution < -0.4 is 10.1 Å². The number of hydrogen-bond donors (Lipinski definition) is 2. The molecule has 0 atom stereocenters. The molecule has 17 heavy (non-hydrogen) atoms. The van der Waals surface area contributed by atoms with Gasteiger partial charge in [-0.2, -0.15) is 5.10 Å². The first kappa shape index (κ1) is 11.7. The Bertz CT molecular complexity index is 474. The second kappa shape index (κ2) is 5.01. The van der Waals surface area contributed by atoms with Gasteiger partial charge in [-0.05, 0) is 6.92 Å². The number of hydrogen-bond acceptors (Lipinski definition) is 4. The van der Waals surface area contributed by atoms with Gasteiger partial charge in [-0.3, -0.25) is 0 Å². The maximum Gasteiger partial charge on any atom is 0.216 e. The first-order valence-corrected chi connectivity index (χ1v) is 5.47. The van der Waals surface area contributed by atoms with E-state index in [-0.39, 0.29) is 0 Å². The highest BCUT2D eigenvalue weighted by atomic mass is 16.5. The lowest BCUT2D eigenvalue weighted by atomic mass is 10.2. The van der Waals surface area contributed by atoms with Crippen LogP contribution in [0.3, 0.4) is 0 Å². The van der Waals surface area contributed by atoms with Crippen molar-refractivity contribution in [2.75, 3.05) is 7.11 Å². The van der Waals surface area contributed by atoms with Crippen molar-refractivity contribution in [2.45, 2.75) is 20.0 Å². The van der Waals surface area contributed by atoms with Gasteiger partial charge in [-0.25, -0.2) is 9.67 Å². The second-order valence-electron chi connectivity index (χ2n) is 3.84. The van der Waals surface area contributed by atoms with E-state index >= 15 is 0 Å². The molecule has 2 aromatic rings. The Hall–Kier alpha value is -1.82. The molecule has 92 valence electrons. The molecule has 0 saturated heterocycles. The lowest BCUT2D eigenvalue weighted by molar-refractivity contribution is 0.368. The van der Waals surface area contributed by atoms with Crippen LogP contribution in [0.25, 0.3) is 0 Å². The standard InChI is InChI=1S/C11H17N5O/c1-8-9(11(17-3)16(2)15-8)6-12-7-10-13-4-5-14-10/h4-5,12H,6-7H2,1-3H3,(H,13,14). The molecule has 0 aliphatic carbocycles. The molecular formula is C11H17N5O. The van der Waals surface area contributed by atoms with Crippen molar-refractivity contribution in [2.24, 2.45) is 7.05 Å². The molecule has 0 amide bonds. The molecule has 0 aliphatic rings. The van der Waals surface area contributed by atoms with E-state index in [2.05, 4.69) is 20.4 Å². The third-order valence-corrected chi connectivity index (χ3v) is 2.63. The molecule has 2 aromatic heterocycles. The largest absolute Gasteiger partial charge is 0.481 e. The summed E-state index contributed by atoms with van der Waals surface area (Å²) in [6.07, 6.45) is 3.56. The van der Waals surface area contributed by atoms with Gasteiger partial charge < -0.3 is 15.0 Å². The number of nitrogens with one attached hydrogen (secondary N) is 2. The van der Waals surface area contributed by atoms with Crippen molar-refractivity contribution in [1.29, 1.82) is 0 Å². The summed E-state index contributed by atoms with van der Waals surface area (Å²) in [4.78, 5) is 7.19.